The van der Waals surface area contributed by atoms with Gasteiger partial charge in [0.05, 0.1) is 12.7 Å². The van der Waals surface area contributed by atoms with Gasteiger partial charge < -0.3 is 19.3 Å². The molecule has 158 valence electrons. The van der Waals surface area contributed by atoms with Crippen LogP contribution in [0.3, 0.4) is 0 Å². The number of hydrogen-bond donors (Lipinski definition) is 1. The topological polar surface area (TPSA) is 67.6 Å². The van der Waals surface area contributed by atoms with Gasteiger partial charge in [0.1, 0.15) is 23.2 Å². The van der Waals surface area contributed by atoms with Crippen LogP contribution in [0.2, 0.25) is 0 Å². The number of aromatic nitrogens is 2. The second-order valence-electron chi connectivity index (χ2n) is 7.48. The summed E-state index contributed by atoms with van der Waals surface area (Å²) in [4.78, 5) is 15.2. The highest BCUT2D eigenvalue weighted by Crippen LogP contribution is 2.34. The third-order valence-corrected chi connectivity index (χ3v) is 5.85. The summed E-state index contributed by atoms with van der Waals surface area (Å²) >= 11 is 0. The number of fused-ring (bicyclic) bond motifs is 1. The highest BCUT2D eigenvalue weighted by Gasteiger charge is 2.33. The highest BCUT2D eigenvalue weighted by atomic mass is 19.1. The standard InChI is InChI=1S/C20H25F2N3O.CH2O2/c1-26-15-11-16(21)19(17(22)12-15)20-23-7-10-25(20)13-14-5-4-9-24-8-3-2-6-18(14)24;2-1-3/h7,10-12,14,18H,2-6,8-9,13H2,1H3;1H,(H,2,3)/t14-,18+;/m0./s1. The summed E-state index contributed by atoms with van der Waals surface area (Å²) in [5.74, 6) is -0.251. The molecule has 1 aromatic carbocycles. The molecule has 0 unspecified atom stereocenters. The molecule has 2 aliphatic rings. The van der Waals surface area contributed by atoms with Crippen LogP contribution in [0.4, 0.5) is 8.78 Å². The van der Waals surface area contributed by atoms with Gasteiger partial charge in [0.2, 0.25) is 0 Å². The fourth-order valence-corrected chi connectivity index (χ4v) is 4.61. The van der Waals surface area contributed by atoms with E-state index in [1.54, 1.807) is 6.20 Å². The molecule has 0 radical (unpaired) electrons. The Hall–Kier alpha value is -2.48. The van der Waals surface area contributed by atoms with Crippen molar-refractivity contribution in [3.8, 4) is 17.1 Å². The van der Waals surface area contributed by atoms with E-state index in [0.29, 0.717) is 17.8 Å². The van der Waals surface area contributed by atoms with E-state index in [1.165, 1.54) is 58.0 Å². The molecule has 2 atom stereocenters. The van der Waals surface area contributed by atoms with E-state index in [4.69, 9.17) is 14.6 Å². The third-order valence-electron chi connectivity index (χ3n) is 5.85. The molecule has 2 aromatic rings. The first kappa shape index (κ1) is 21.2. The number of rotatable bonds is 4. The molecule has 1 aromatic heterocycles. The van der Waals surface area contributed by atoms with E-state index in [1.807, 2.05) is 10.8 Å². The predicted molar refractivity (Wildman–Crippen MR) is 105 cm³/mol. The number of nitrogens with zero attached hydrogens (tertiary/aromatic N) is 3. The molecule has 8 heteroatoms. The Morgan fingerprint density at radius 1 is 1.21 bits per heavy atom. The van der Waals surface area contributed by atoms with Crippen LogP contribution in [0.15, 0.2) is 24.5 Å². The molecule has 0 bridgehead atoms. The number of benzene rings is 1. The van der Waals surface area contributed by atoms with E-state index in [-0.39, 0.29) is 17.8 Å². The van der Waals surface area contributed by atoms with Gasteiger partial charge in [-0.15, -0.1) is 0 Å². The van der Waals surface area contributed by atoms with E-state index < -0.39 is 11.6 Å². The van der Waals surface area contributed by atoms with Crippen molar-refractivity contribution in [1.82, 2.24) is 14.5 Å². The zero-order chi connectivity index (χ0) is 20.8. The Balaban J connectivity index is 0.000000755. The van der Waals surface area contributed by atoms with Crippen molar-refractivity contribution < 1.29 is 23.4 Å². The number of ether oxygens (including phenoxy) is 1. The Labute approximate surface area is 169 Å². The number of carboxylic acid groups (broad SMARTS) is 1. The van der Waals surface area contributed by atoms with E-state index >= 15 is 0 Å². The molecule has 1 N–H and O–H groups in total. The Kier molecular flexibility index (Phi) is 7.19. The van der Waals surface area contributed by atoms with Crippen molar-refractivity contribution in [3.05, 3.63) is 36.2 Å². The number of methoxy groups -OCH3 is 1. The number of halogens is 2. The van der Waals surface area contributed by atoms with Gasteiger partial charge in [-0.25, -0.2) is 13.8 Å². The predicted octanol–water partition coefficient (Wildman–Crippen LogP) is 3.80. The minimum Gasteiger partial charge on any atom is -0.497 e. The van der Waals surface area contributed by atoms with Crippen molar-refractivity contribution in [2.75, 3.05) is 20.2 Å². The molecule has 0 aliphatic carbocycles. The van der Waals surface area contributed by atoms with Gasteiger partial charge in [-0.05, 0) is 44.7 Å². The normalized spacial score (nSPS) is 21.6. The summed E-state index contributed by atoms with van der Waals surface area (Å²) < 4.78 is 35.9. The van der Waals surface area contributed by atoms with Crippen molar-refractivity contribution in [2.45, 2.75) is 44.7 Å². The van der Waals surface area contributed by atoms with Crippen LogP contribution < -0.4 is 4.74 Å². The SMILES string of the molecule is COc1cc(F)c(-c2nccn2C[C@@H]2CCCN3CCCC[C@H]23)c(F)c1.O=CO. The summed E-state index contributed by atoms with van der Waals surface area (Å²) in [6.45, 7) is 2.86. The lowest BCUT2D eigenvalue weighted by Gasteiger charge is -2.44. The van der Waals surface area contributed by atoms with E-state index in [9.17, 15) is 8.78 Å². The number of piperidine rings is 2. The molecule has 6 nitrogen and oxygen atoms in total. The lowest BCUT2D eigenvalue weighted by Crippen LogP contribution is -2.49. The first-order valence-electron chi connectivity index (χ1n) is 9.95. The number of hydrogen-bond acceptors (Lipinski definition) is 4. The van der Waals surface area contributed by atoms with Crippen molar-refractivity contribution in [2.24, 2.45) is 5.92 Å². The van der Waals surface area contributed by atoms with Crippen molar-refractivity contribution >= 4 is 6.47 Å². The monoisotopic (exact) mass is 407 g/mol. The van der Waals surface area contributed by atoms with Gasteiger partial charge >= 0.3 is 0 Å². The molecule has 0 spiro atoms. The van der Waals surface area contributed by atoms with Crippen LogP contribution in [0.1, 0.15) is 32.1 Å². The maximum Gasteiger partial charge on any atom is 0.290 e. The van der Waals surface area contributed by atoms with Crippen molar-refractivity contribution in [1.29, 1.82) is 0 Å². The van der Waals surface area contributed by atoms with Crippen LogP contribution in [0.25, 0.3) is 11.4 Å². The molecule has 0 saturated carbocycles. The van der Waals surface area contributed by atoms with E-state index in [2.05, 4.69) is 9.88 Å². The minimum atomic E-state index is -0.641. The van der Waals surface area contributed by atoms with Gasteiger partial charge in [0, 0.05) is 37.1 Å². The lowest BCUT2D eigenvalue weighted by atomic mass is 9.83. The van der Waals surface area contributed by atoms with Crippen LogP contribution in [-0.2, 0) is 11.3 Å². The Morgan fingerprint density at radius 2 is 1.90 bits per heavy atom. The maximum absolute atomic E-state index is 14.5. The third kappa shape index (κ3) is 4.75. The minimum absolute atomic E-state index is 0.0768. The quantitative estimate of drug-likeness (QED) is 0.781. The lowest BCUT2D eigenvalue weighted by molar-refractivity contribution is -0.122. The number of carbonyl (C=O) groups is 1. The average Bonchev–Trinajstić information content (AvgIpc) is 3.16. The summed E-state index contributed by atoms with van der Waals surface area (Å²) in [5.41, 5.74) is -0.0768. The van der Waals surface area contributed by atoms with Gasteiger partial charge in [0.25, 0.3) is 6.47 Å². The van der Waals surface area contributed by atoms with Crippen molar-refractivity contribution in [3.63, 3.8) is 0 Å². The fraction of sp³-hybridized carbons (Fsp3) is 0.524. The molecule has 2 saturated heterocycles. The summed E-state index contributed by atoms with van der Waals surface area (Å²) in [6.07, 6.45) is 9.58. The second-order valence-corrected chi connectivity index (χ2v) is 7.48. The van der Waals surface area contributed by atoms with Crippen LogP contribution >= 0.6 is 0 Å². The van der Waals surface area contributed by atoms with E-state index in [0.717, 1.165) is 13.0 Å². The second kappa shape index (κ2) is 9.82. The molecular formula is C21H27F2N3O3. The maximum atomic E-state index is 14.5. The smallest absolute Gasteiger partial charge is 0.290 e. The summed E-state index contributed by atoms with van der Waals surface area (Å²) in [7, 11) is 1.40. The fourth-order valence-electron chi connectivity index (χ4n) is 4.61. The summed E-state index contributed by atoms with van der Waals surface area (Å²) in [6, 6.07) is 3.00. The first-order valence-corrected chi connectivity index (χ1v) is 9.95. The molecule has 29 heavy (non-hydrogen) atoms. The highest BCUT2D eigenvalue weighted by molar-refractivity contribution is 5.59. The van der Waals surface area contributed by atoms with Gasteiger partial charge in [-0.1, -0.05) is 6.42 Å². The van der Waals surface area contributed by atoms with Crippen LogP contribution in [0, 0.1) is 17.6 Å². The van der Waals surface area contributed by atoms with Crippen LogP contribution in [0.5, 0.6) is 5.75 Å². The average molecular weight is 407 g/mol. The number of imidazole rings is 1. The molecule has 2 fully saturated rings. The van der Waals surface area contributed by atoms with Gasteiger partial charge in [-0.2, -0.15) is 0 Å². The Bertz CT molecular complexity index is 802. The van der Waals surface area contributed by atoms with Gasteiger partial charge in [0.15, 0.2) is 0 Å². The zero-order valence-electron chi connectivity index (χ0n) is 16.6. The largest absolute Gasteiger partial charge is 0.497 e. The van der Waals surface area contributed by atoms with Gasteiger partial charge in [-0.3, -0.25) is 4.79 Å². The molecule has 3 heterocycles. The van der Waals surface area contributed by atoms with Crippen LogP contribution in [-0.4, -0.2) is 52.3 Å². The Morgan fingerprint density at radius 3 is 2.59 bits per heavy atom. The zero-order valence-corrected chi connectivity index (χ0v) is 16.6. The first-order chi connectivity index (χ1) is 14.1. The molecule has 4 rings (SSSR count). The summed E-state index contributed by atoms with van der Waals surface area (Å²) in [5, 5.41) is 6.89. The molecular weight excluding hydrogens is 380 g/mol. The molecule has 0 amide bonds. The molecule has 2 aliphatic heterocycles.